The Morgan fingerprint density at radius 3 is 3.11 bits per heavy atom. The molecule has 0 bridgehead atoms. The second kappa shape index (κ2) is 11.3. The molecule has 2 aromatic rings. The molecule has 1 aliphatic rings. The number of guanidine groups is 1. The van der Waals surface area contributed by atoms with Gasteiger partial charge in [-0.25, -0.2) is 9.67 Å². The number of aromatic nitrogens is 3. The number of hydrogen-bond donors (Lipinski definition) is 2. The molecular formula is C18H29IN6O2. The molecule has 0 spiro atoms. The minimum absolute atomic E-state index is 0. The van der Waals surface area contributed by atoms with Crippen LogP contribution in [0.15, 0.2) is 27.8 Å². The predicted molar refractivity (Wildman–Crippen MR) is 115 cm³/mol. The monoisotopic (exact) mass is 488 g/mol. The van der Waals surface area contributed by atoms with Crippen LogP contribution < -0.4 is 10.6 Å². The maximum Gasteiger partial charge on any atom is 0.191 e. The summed E-state index contributed by atoms with van der Waals surface area (Å²) in [4.78, 5) is 9.17. The second-order valence-electron chi connectivity index (χ2n) is 6.34. The molecule has 0 radical (unpaired) electrons. The van der Waals surface area contributed by atoms with Crippen molar-refractivity contribution in [1.82, 2.24) is 25.4 Å². The van der Waals surface area contributed by atoms with E-state index in [-0.39, 0.29) is 30.0 Å². The van der Waals surface area contributed by atoms with Gasteiger partial charge in [-0.2, -0.15) is 5.10 Å². The van der Waals surface area contributed by atoms with Gasteiger partial charge in [0, 0.05) is 39.0 Å². The molecule has 8 nitrogen and oxygen atoms in total. The molecule has 27 heavy (non-hydrogen) atoms. The number of methoxy groups -OCH3 is 1. The van der Waals surface area contributed by atoms with Crippen molar-refractivity contribution >= 4 is 29.9 Å². The van der Waals surface area contributed by atoms with Crippen molar-refractivity contribution in [3.05, 3.63) is 35.8 Å². The molecule has 1 atom stereocenters. The van der Waals surface area contributed by atoms with Gasteiger partial charge >= 0.3 is 0 Å². The average Bonchev–Trinajstić information content (AvgIpc) is 3.30. The van der Waals surface area contributed by atoms with Crippen molar-refractivity contribution in [3.8, 4) is 0 Å². The molecule has 1 unspecified atom stereocenters. The van der Waals surface area contributed by atoms with Crippen LogP contribution in [0.25, 0.3) is 0 Å². The third-order valence-electron chi connectivity index (χ3n) is 4.37. The molecular weight excluding hydrogens is 459 g/mol. The summed E-state index contributed by atoms with van der Waals surface area (Å²) >= 11 is 0. The van der Waals surface area contributed by atoms with E-state index in [4.69, 9.17) is 9.15 Å². The van der Waals surface area contributed by atoms with Crippen LogP contribution in [0.1, 0.15) is 30.8 Å². The Morgan fingerprint density at radius 1 is 1.48 bits per heavy atom. The molecule has 3 heterocycles. The van der Waals surface area contributed by atoms with Crippen LogP contribution >= 0.6 is 24.0 Å². The van der Waals surface area contributed by atoms with Gasteiger partial charge in [0.25, 0.3) is 0 Å². The van der Waals surface area contributed by atoms with Gasteiger partial charge in [-0.1, -0.05) is 6.92 Å². The lowest BCUT2D eigenvalue weighted by molar-refractivity contribution is 0.207. The number of hydrogen-bond acceptors (Lipinski definition) is 5. The molecule has 3 rings (SSSR count). The minimum atomic E-state index is 0. The number of rotatable bonds is 8. The summed E-state index contributed by atoms with van der Waals surface area (Å²) in [5, 5.41) is 11.5. The van der Waals surface area contributed by atoms with E-state index in [1.165, 1.54) is 0 Å². The standard InChI is InChI=1S/C18H28N6O2.HI/c1-3-16-22-17-7-6-14(13-24(17)23-16)21-18(20-10-12-25-2)19-9-8-15-5-4-11-26-15;/h4-5,11,14H,3,6-10,12-13H2,1-2H3,(H2,19,20,21);1H. The molecule has 2 aromatic heterocycles. The molecule has 0 aromatic carbocycles. The van der Waals surface area contributed by atoms with Crippen LogP contribution in [0.2, 0.25) is 0 Å². The van der Waals surface area contributed by atoms with Crippen molar-refractivity contribution in [2.75, 3.05) is 26.8 Å². The van der Waals surface area contributed by atoms with Gasteiger partial charge in [0.2, 0.25) is 0 Å². The Bertz CT molecular complexity index is 701. The zero-order chi connectivity index (χ0) is 18.2. The highest BCUT2D eigenvalue weighted by Crippen LogP contribution is 2.13. The first-order chi connectivity index (χ1) is 12.8. The highest BCUT2D eigenvalue weighted by molar-refractivity contribution is 14.0. The van der Waals surface area contributed by atoms with Crippen LogP contribution in [0.4, 0.5) is 0 Å². The van der Waals surface area contributed by atoms with Crippen LogP contribution in [-0.2, 0) is 30.5 Å². The van der Waals surface area contributed by atoms with E-state index in [9.17, 15) is 0 Å². The average molecular weight is 488 g/mol. The quantitative estimate of drug-likeness (QED) is 0.255. The first-order valence-electron chi connectivity index (χ1n) is 9.27. The van der Waals surface area contributed by atoms with Gasteiger partial charge in [-0.15, -0.1) is 24.0 Å². The van der Waals surface area contributed by atoms with E-state index in [2.05, 4.69) is 32.6 Å². The lowest BCUT2D eigenvalue weighted by Gasteiger charge is -2.25. The highest BCUT2D eigenvalue weighted by Gasteiger charge is 2.22. The zero-order valence-electron chi connectivity index (χ0n) is 16.0. The fraction of sp³-hybridized carbons (Fsp3) is 0.611. The second-order valence-corrected chi connectivity index (χ2v) is 6.34. The molecule has 0 saturated heterocycles. The number of nitrogens with one attached hydrogen (secondary N) is 2. The van der Waals surface area contributed by atoms with Gasteiger partial charge in [0.05, 0.1) is 26.0 Å². The van der Waals surface area contributed by atoms with Crippen LogP contribution in [-0.4, -0.2) is 53.6 Å². The number of aliphatic imine (C=N–C) groups is 1. The highest BCUT2D eigenvalue weighted by atomic mass is 127. The van der Waals surface area contributed by atoms with Crippen molar-refractivity contribution in [2.45, 2.75) is 45.2 Å². The van der Waals surface area contributed by atoms with Gasteiger partial charge < -0.3 is 19.8 Å². The summed E-state index contributed by atoms with van der Waals surface area (Å²) in [5.74, 6) is 3.78. The van der Waals surface area contributed by atoms with Gasteiger partial charge in [-0.3, -0.25) is 4.99 Å². The summed E-state index contributed by atoms with van der Waals surface area (Å²) in [6.07, 6.45) is 5.34. The van der Waals surface area contributed by atoms with Crippen molar-refractivity contribution in [2.24, 2.45) is 4.99 Å². The zero-order valence-corrected chi connectivity index (χ0v) is 18.3. The van der Waals surface area contributed by atoms with Crippen LogP contribution in [0, 0.1) is 0 Å². The summed E-state index contributed by atoms with van der Waals surface area (Å²) in [6.45, 7) is 4.87. The minimum Gasteiger partial charge on any atom is -0.469 e. The molecule has 1 aliphatic heterocycles. The Kier molecular flexibility index (Phi) is 9.05. The number of aryl methyl sites for hydroxylation is 2. The summed E-state index contributed by atoms with van der Waals surface area (Å²) in [7, 11) is 1.69. The fourth-order valence-electron chi connectivity index (χ4n) is 2.98. The maximum atomic E-state index is 5.38. The normalized spacial score (nSPS) is 16.5. The van der Waals surface area contributed by atoms with E-state index in [1.807, 2.05) is 16.8 Å². The summed E-state index contributed by atoms with van der Waals surface area (Å²) in [6, 6.07) is 4.17. The van der Waals surface area contributed by atoms with E-state index in [0.717, 1.165) is 62.1 Å². The number of fused-ring (bicyclic) bond motifs is 1. The van der Waals surface area contributed by atoms with E-state index >= 15 is 0 Å². The van der Waals surface area contributed by atoms with E-state index < -0.39 is 0 Å². The van der Waals surface area contributed by atoms with Gasteiger partial charge in [0.15, 0.2) is 11.8 Å². The smallest absolute Gasteiger partial charge is 0.191 e. The van der Waals surface area contributed by atoms with Crippen molar-refractivity contribution in [3.63, 3.8) is 0 Å². The number of furan rings is 1. The van der Waals surface area contributed by atoms with Crippen molar-refractivity contribution in [1.29, 1.82) is 0 Å². The lowest BCUT2D eigenvalue weighted by Crippen LogP contribution is -2.47. The SMILES string of the molecule is CCc1nc2n(n1)CC(NC(=NCCOC)NCCc1ccco1)CC2.I. The van der Waals surface area contributed by atoms with E-state index in [0.29, 0.717) is 13.2 Å². The maximum absolute atomic E-state index is 5.38. The topological polar surface area (TPSA) is 89.5 Å². The molecule has 2 N–H and O–H groups in total. The molecule has 0 saturated carbocycles. The largest absolute Gasteiger partial charge is 0.469 e. The third kappa shape index (κ3) is 6.49. The number of nitrogens with zero attached hydrogens (tertiary/aromatic N) is 4. The molecule has 9 heteroatoms. The Labute approximate surface area is 177 Å². The molecule has 150 valence electrons. The van der Waals surface area contributed by atoms with E-state index in [1.54, 1.807) is 13.4 Å². The number of ether oxygens (including phenoxy) is 1. The number of halogens is 1. The third-order valence-corrected chi connectivity index (χ3v) is 4.37. The summed E-state index contributed by atoms with van der Waals surface area (Å²) < 4.78 is 12.5. The fourth-order valence-corrected chi connectivity index (χ4v) is 2.98. The Balaban J connectivity index is 0.00000261. The van der Waals surface area contributed by atoms with Gasteiger partial charge in [0.1, 0.15) is 11.6 Å². The van der Waals surface area contributed by atoms with Crippen LogP contribution in [0.5, 0.6) is 0 Å². The lowest BCUT2D eigenvalue weighted by atomic mass is 10.1. The van der Waals surface area contributed by atoms with Crippen LogP contribution in [0.3, 0.4) is 0 Å². The Morgan fingerprint density at radius 2 is 2.37 bits per heavy atom. The molecule has 0 amide bonds. The predicted octanol–water partition coefficient (Wildman–Crippen LogP) is 1.79. The van der Waals surface area contributed by atoms with Gasteiger partial charge in [-0.05, 0) is 18.6 Å². The molecule has 0 aliphatic carbocycles. The Hall–Kier alpha value is -1.62. The molecule has 0 fully saturated rings. The van der Waals surface area contributed by atoms with Crippen molar-refractivity contribution < 1.29 is 9.15 Å². The summed E-state index contributed by atoms with van der Waals surface area (Å²) in [5.41, 5.74) is 0. The first-order valence-corrected chi connectivity index (χ1v) is 9.27. The first kappa shape index (κ1) is 21.7.